The van der Waals surface area contributed by atoms with Crippen molar-refractivity contribution in [3.8, 4) is 0 Å². The second kappa shape index (κ2) is 5.94. The van der Waals surface area contributed by atoms with Crippen LogP contribution in [0.5, 0.6) is 0 Å². The standard InChI is InChI=1S/C13H18N2.2ClH/c1-2-15-12-6-4-3-5-10(12)11-9-14-8-7-13(11)15;;/h3-6,11,13-14H,2,7-9H2,1H3;2*1H. The third-order valence-electron chi connectivity index (χ3n) is 3.83. The molecule has 0 saturated carbocycles. The van der Waals surface area contributed by atoms with E-state index in [9.17, 15) is 0 Å². The molecule has 0 aliphatic carbocycles. The first kappa shape index (κ1) is 14.6. The van der Waals surface area contributed by atoms with Crippen LogP contribution in [0.2, 0.25) is 0 Å². The number of fused-ring (bicyclic) bond motifs is 3. The van der Waals surface area contributed by atoms with Gasteiger partial charge in [-0.25, -0.2) is 0 Å². The molecular weight excluding hydrogens is 255 g/mol. The molecule has 0 aromatic heterocycles. The molecule has 1 saturated heterocycles. The predicted octanol–water partition coefficient (Wildman–Crippen LogP) is 2.82. The van der Waals surface area contributed by atoms with Crippen LogP contribution in [0.15, 0.2) is 24.3 Å². The van der Waals surface area contributed by atoms with Gasteiger partial charge in [0.15, 0.2) is 0 Å². The minimum atomic E-state index is 0. The average Bonchev–Trinajstić information content (AvgIpc) is 2.63. The van der Waals surface area contributed by atoms with E-state index < -0.39 is 0 Å². The van der Waals surface area contributed by atoms with E-state index in [-0.39, 0.29) is 24.8 Å². The Morgan fingerprint density at radius 3 is 2.82 bits per heavy atom. The molecule has 3 rings (SSSR count). The van der Waals surface area contributed by atoms with E-state index >= 15 is 0 Å². The van der Waals surface area contributed by atoms with Gasteiger partial charge in [-0.1, -0.05) is 18.2 Å². The highest BCUT2D eigenvalue weighted by molar-refractivity contribution is 5.85. The SMILES string of the molecule is CCN1c2ccccc2C2CNCCC21.Cl.Cl. The molecule has 0 bridgehead atoms. The maximum Gasteiger partial charge on any atom is 0.0405 e. The number of piperidine rings is 1. The van der Waals surface area contributed by atoms with Crippen LogP contribution in [0.25, 0.3) is 0 Å². The van der Waals surface area contributed by atoms with Crippen molar-refractivity contribution in [1.29, 1.82) is 0 Å². The van der Waals surface area contributed by atoms with Crippen LogP contribution >= 0.6 is 24.8 Å². The number of nitrogens with zero attached hydrogens (tertiary/aromatic N) is 1. The molecule has 4 heteroatoms. The Morgan fingerprint density at radius 1 is 1.29 bits per heavy atom. The molecule has 0 spiro atoms. The first-order valence-corrected chi connectivity index (χ1v) is 5.98. The molecule has 0 radical (unpaired) electrons. The summed E-state index contributed by atoms with van der Waals surface area (Å²) in [5.74, 6) is 0.717. The molecule has 1 N–H and O–H groups in total. The molecule has 1 fully saturated rings. The second-order valence-corrected chi connectivity index (χ2v) is 4.51. The zero-order valence-corrected chi connectivity index (χ0v) is 11.7. The van der Waals surface area contributed by atoms with Crippen molar-refractivity contribution in [2.45, 2.75) is 25.3 Å². The van der Waals surface area contributed by atoms with E-state index in [1.165, 1.54) is 18.7 Å². The fraction of sp³-hybridized carbons (Fsp3) is 0.538. The smallest absolute Gasteiger partial charge is 0.0405 e. The summed E-state index contributed by atoms with van der Waals surface area (Å²) >= 11 is 0. The molecule has 2 aliphatic heterocycles. The summed E-state index contributed by atoms with van der Waals surface area (Å²) in [6.45, 7) is 5.73. The Labute approximate surface area is 116 Å². The van der Waals surface area contributed by atoms with Crippen LogP contribution in [0.3, 0.4) is 0 Å². The largest absolute Gasteiger partial charge is 0.368 e. The lowest BCUT2D eigenvalue weighted by molar-refractivity contribution is 0.406. The highest BCUT2D eigenvalue weighted by atomic mass is 35.5. The van der Waals surface area contributed by atoms with Gasteiger partial charge in [-0.15, -0.1) is 24.8 Å². The number of nitrogens with one attached hydrogen (secondary N) is 1. The zero-order chi connectivity index (χ0) is 10.3. The maximum absolute atomic E-state index is 3.52. The van der Waals surface area contributed by atoms with Crippen molar-refractivity contribution in [3.05, 3.63) is 29.8 Å². The number of hydrogen-bond donors (Lipinski definition) is 1. The van der Waals surface area contributed by atoms with Gasteiger partial charge in [0.05, 0.1) is 0 Å². The third-order valence-corrected chi connectivity index (χ3v) is 3.83. The average molecular weight is 275 g/mol. The van der Waals surface area contributed by atoms with E-state index in [1.54, 1.807) is 5.56 Å². The van der Waals surface area contributed by atoms with Gasteiger partial charge in [0.2, 0.25) is 0 Å². The van der Waals surface area contributed by atoms with E-state index in [0.717, 1.165) is 25.0 Å². The van der Waals surface area contributed by atoms with Crippen LogP contribution < -0.4 is 10.2 Å². The lowest BCUT2D eigenvalue weighted by Gasteiger charge is -2.33. The van der Waals surface area contributed by atoms with Gasteiger partial charge in [0, 0.05) is 30.7 Å². The number of benzene rings is 1. The van der Waals surface area contributed by atoms with Gasteiger partial charge >= 0.3 is 0 Å². The van der Waals surface area contributed by atoms with Gasteiger partial charge < -0.3 is 10.2 Å². The highest BCUT2D eigenvalue weighted by Gasteiger charge is 2.38. The number of para-hydroxylation sites is 1. The molecule has 0 amide bonds. The van der Waals surface area contributed by atoms with Crippen molar-refractivity contribution >= 4 is 30.5 Å². The fourth-order valence-corrected chi connectivity index (χ4v) is 3.18. The topological polar surface area (TPSA) is 15.3 Å². The van der Waals surface area contributed by atoms with Crippen LogP contribution in [0, 0.1) is 0 Å². The first-order valence-electron chi connectivity index (χ1n) is 5.98. The first-order chi connectivity index (χ1) is 7.42. The minimum absolute atomic E-state index is 0. The number of likely N-dealkylation sites (N-methyl/N-ethyl adjacent to an activating group) is 1. The summed E-state index contributed by atoms with van der Waals surface area (Å²) in [6, 6.07) is 9.65. The minimum Gasteiger partial charge on any atom is -0.368 e. The van der Waals surface area contributed by atoms with Crippen molar-refractivity contribution in [3.63, 3.8) is 0 Å². The quantitative estimate of drug-likeness (QED) is 0.848. The van der Waals surface area contributed by atoms with Gasteiger partial charge in [0.25, 0.3) is 0 Å². The van der Waals surface area contributed by atoms with Crippen molar-refractivity contribution in [2.24, 2.45) is 0 Å². The van der Waals surface area contributed by atoms with E-state index in [0.29, 0.717) is 0 Å². The van der Waals surface area contributed by atoms with Crippen LogP contribution in [-0.2, 0) is 0 Å². The summed E-state index contributed by atoms with van der Waals surface area (Å²) in [4.78, 5) is 2.58. The normalized spacial score (nSPS) is 25.4. The van der Waals surface area contributed by atoms with Gasteiger partial charge in [-0.05, 0) is 31.5 Å². The second-order valence-electron chi connectivity index (χ2n) is 4.51. The Hall–Kier alpha value is -0.440. The Balaban J connectivity index is 0.000000722. The number of rotatable bonds is 1. The Bertz CT molecular complexity index is 345. The molecule has 96 valence electrons. The molecule has 2 heterocycles. The zero-order valence-electron chi connectivity index (χ0n) is 10.1. The summed E-state index contributed by atoms with van der Waals surface area (Å²) in [6.07, 6.45) is 1.28. The Morgan fingerprint density at radius 2 is 2.06 bits per heavy atom. The number of halogens is 2. The molecule has 17 heavy (non-hydrogen) atoms. The summed E-state index contributed by atoms with van der Waals surface area (Å²) < 4.78 is 0. The van der Waals surface area contributed by atoms with E-state index in [2.05, 4.69) is 41.4 Å². The molecule has 2 aliphatic rings. The van der Waals surface area contributed by atoms with Gasteiger partial charge in [-0.3, -0.25) is 0 Å². The van der Waals surface area contributed by atoms with Crippen molar-refractivity contribution in [2.75, 3.05) is 24.5 Å². The van der Waals surface area contributed by atoms with E-state index in [1.807, 2.05) is 0 Å². The lowest BCUT2D eigenvalue weighted by Crippen LogP contribution is -2.44. The predicted molar refractivity (Wildman–Crippen MR) is 78.0 cm³/mol. The molecule has 2 atom stereocenters. The van der Waals surface area contributed by atoms with Crippen LogP contribution in [-0.4, -0.2) is 25.7 Å². The lowest BCUT2D eigenvalue weighted by atomic mass is 9.90. The van der Waals surface area contributed by atoms with Gasteiger partial charge in [-0.2, -0.15) is 0 Å². The van der Waals surface area contributed by atoms with Crippen LogP contribution in [0.4, 0.5) is 5.69 Å². The number of hydrogen-bond acceptors (Lipinski definition) is 2. The Kier molecular flexibility index (Phi) is 5.11. The summed E-state index contributed by atoms with van der Waals surface area (Å²) in [5, 5.41) is 3.52. The highest BCUT2D eigenvalue weighted by Crippen LogP contribution is 2.42. The summed E-state index contributed by atoms with van der Waals surface area (Å²) in [7, 11) is 0. The fourth-order valence-electron chi connectivity index (χ4n) is 3.18. The molecule has 1 aromatic rings. The van der Waals surface area contributed by atoms with Crippen molar-refractivity contribution in [1.82, 2.24) is 5.32 Å². The molecule has 2 nitrogen and oxygen atoms in total. The van der Waals surface area contributed by atoms with Gasteiger partial charge in [0.1, 0.15) is 0 Å². The van der Waals surface area contributed by atoms with E-state index in [4.69, 9.17) is 0 Å². The monoisotopic (exact) mass is 274 g/mol. The molecule has 1 aromatic carbocycles. The maximum atomic E-state index is 3.52. The number of anilines is 1. The summed E-state index contributed by atoms with van der Waals surface area (Å²) in [5.41, 5.74) is 3.02. The molecule has 2 unspecified atom stereocenters. The third kappa shape index (κ3) is 2.26. The van der Waals surface area contributed by atoms with Crippen molar-refractivity contribution < 1.29 is 0 Å². The molecular formula is C13H20Cl2N2. The van der Waals surface area contributed by atoms with Crippen LogP contribution in [0.1, 0.15) is 24.8 Å².